The minimum absolute atomic E-state index is 0.0884. The average molecular weight is 209 g/mol. The molecule has 0 radical (unpaired) electrons. The molecule has 2 unspecified atom stereocenters. The van der Waals surface area contributed by atoms with Crippen LogP contribution in [-0.4, -0.2) is 26.1 Å². The molecule has 0 aliphatic rings. The average Bonchev–Trinajstić information content (AvgIpc) is 2.41. The predicted octanol–water partition coefficient (Wildman–Crippen LogP) is 0.345. The van der Waals surface area contributed by atoms with Crippen LogP contribution in [0, 0.1) is 25.2 Å². The molecule has 0 fully saturated rings. The predicted molar refractivity (Wildman–Crippen MR) is 53.9 cm³/mol. The summed E-state index contributed by atoms with van der Waals surface area (Å²) in [5.41, 5.74) is 2.09. The number of hydrogen-bond acceptors (Lipinski definition) is 4. The van der Waals surface area contributed by atoms with Gasteiger partial charge in [-0.05, 0) is 13.8 Å². The van der Waals surface area contributed by atoms with Crippen molar-refractivity contribution >= 4 is 0 Å². The molecule has 0 bridgehead atoms. The second-order valence-corrected chi connectivity index (χ2v) is 3.58. The Bertz CT molecular complexity index is 392. The zero-order valence-corrected chi connectivity index (χ0v) is 9.10. The molecule has 0 saturated heterocycles. The lowest BCUT2D eigenvalue weighted by Gasteiger charge is -2.15. The number of aromatic nitrogens is 2. The number of aryl methyl sites for hydroxylation is 2. The summed E-state index contributed by atoms with van der Waals surface area (Å²) in [4.78, 5) is 0. The third-order valence-electron chi connectivity index (χ3n) is 2.53. The SMILES string of the molecule is Cc1nn(C)c(C)c1C(O)C(O)CC#N. The van der Waals surface area contributed by atoms with Crippen LogP contribution < -0.4 is 0 Å². The molecule has 1 heterocycles. The molecular weight excluding hydrogens is 194 g/mol. The van der Waals surface area contributed by atoms with Crippen LogP contribution in [0.4, 0.5) is 0 Å². The van der Waals surface area contributed by atoms with Crippen LogP contribution in [0.25, 0.3) is 0 Å². The van der Waals surface area contributed by atoms with Crippen molar-refractivity contribution in [2.24, 2.45) is 7.05 Å². The van der Waals surface area contributed by atoms with Gasteiger partial charge >= 0.3 is 0 Å². The normalized spacial score (nSPS) is 14.7. The number of hydrogen-bond donors (Lipinski definition) is 2. The van der Waals surface area contributed by atoms with Crippen molar-refractivity contribution in [1.82, 2.24) is 9.78 Å². The Morgan fingerprint density at radius 2 is 2.07 bits per heavy atom. The van der Waals surface area contributed by atoms with Crippen molar-refractivity contribution in [3.05, 3.63) is 17.0 Å². The number of aliphatic hydroxyl groups excluding tert-OH is 2. The summed E-state index contributed by atoms with van der Waals surface area (Å²) in [6.45, 7) is 3.59. The second kappa shape index (κ2) is 4.43. The van der Waals surface area contributed by atoms with Gasteiger partial charge in [-0.3, -0.25) is 4.68 Å². The first kappa shape index (κ1) is 11.7. The monoisotopic (exact) mass is 209 g/mol. The van der Waals surface area contributed by atoms with Crippen molar-refractivity contribution in [2.75, 3.05) is 0 Å². The van der Waals surface area contributed by atoms with E-state index in [1.165, 1.54) is 0 Å². The number of rotatable bonds is 3. The van der Waals surface area contributed by atoms with E-state index in [9.17, 15) is 10.2 Å². The van der Waals surface area contributed by atoms with Crippen LogP contribution in [-0.2, 0) is 7.05 Å². The van der Waals surface area contributed by atoms with Gasteiger partial charge in [0.15, 0.2) is 0 Å². The lowest BCUT2D eigenvalue weighted by molar-refractivity contribution is 0.0208. The molecule has 0 aliphatic carbocycles. The van der Waals surface area contributed by atoms with Crippen LogP contribution in [0.5, 0.6) is 0 Å². The van der Waals surface area contributed by atoms with Gasteiger partial charge in [-0.25, -0.2) is 0 Å². The van der Waals surface area contributed by atoms with Crippen molar-refractivity contribution in [3.63, 3.8) is 0 Å². The van der Waals surface area contributed by atoms with E-state index >= 15 is 0 Å². The fourth-order valence-electron chi connectivity index (χ4n) is 1.62. The zero-order chi connectivity index (χ0) is 11.6. The van der Waals surface area contributed by atoms with Crippen LogP contribution in [0.1, 0.15) is 29.5 Å². The molecule has 2 atom stereocenters. The Labute approximate surface area is 88.6 Å². The smallest absolute Gasteiger partial charge is 0.109 e. The van der Waals surface area contributed by atoms with Crippen molar-refractivity contribution in [2.45, 2.75) is 32.5 Å². The first-order valence-electron chi connectivity index (χ1n) is 4.72. The summed E-state index contributed by atoms with van der Waals surface area (Å²) in [5, 5.41) is 31.9. The molecule has 1 aromatic rings. The summed E-state index contributed by atoms with van der Waals surface area (Å²) < 4.78 is 1.65. The van der Waals surface area contributed by atoms with E-state index in [2.05, 4.69) is 5.10 Å². The van der Waals surface area contributed by atoms with Crippen LogP contribution >= 0.6 is 0 Å². The minimum atomic E-state index is -1.06. The zero-order valence-electron chi connectivity index (χ0n) is 9.10. The van der Waals surface area contributed by atoms with Crippen molar-refractivity contribution < 1.29 is 10.2 Å². The first-order valence-corrected chi connectivity index (χ1v) is 4.72. The highest BCUT2D eigenvalue weighted by molar-refractivity contribution is 5.27. The van der Waals surface area contributed by atoms with Gasteiger partial charge in [0.25, 0.3) is 0 Å². The van der Waals surface area contributed by atoms with Gasteiger partial charge in [-0.2, -0.15) is 10.4 Å². The Kier molecular flexibility index (Phi) is 3.45. The molecule has 1 aromatic heterocycles. The largest absolute Gasteiger partial charge is 0.389 e. The lowest BCUT2D eigenvalue weighted by Crippen LogP contribution is -2.18. The van der Waals surface area contributed by atoms with E-state index < -0.39 is 12.2 Å². The van der Waals surface area contributed by atoms with Crippen LogP contribution in [0.3, 0.4) is 0 Å². The van der Waals surface area contributed by atoms with Gasteiger partial charge in [0.2, 0.25) is 0 Å². The maximum absolute atomic E-state index is 9.84. The first-order chi connectivity index (χ1) is 6.99. The summed E-state index contributed by atoms with van der Waals surface area (Å²) in [6, 6.07) is 1.83. The summed E-state index contributed by atoms with van der Waals surface area (Å²) in [5.74, 6) is 0. The molecule has 0 spiro atoms. The molecule has 0 saturated carbocycles. The molecule has 0 amide bonds. The highest BCUT2D eigenvalue weighted by Crippen LogP contribution is 2.24. The van der Waals surface area contributed by atoms with Gasteiger partial charge in [-0.15, -0.1) is 0 Å². The van der Waals surface area contributed by atoms with Gasteiger partial charge < -0.3 is 10.2 Å². The number of aliphatic hydroxyl groups is 2. The van der Waals surface area contributed by atoms with E-state index in [1.54, 1.807) is 18.7 Å². The third-order valence-corrected chi connectivity index (χ3v) is 2.53. The molecule has 15 heavy (non-hydrogen) atoms. The van der Waals surface area contributed by atoms with E-state index in [4.69, 9.17) is 5.26 Å². The van der Waals surface area contributed by atoms with Gasteiger partial charge in [-0.1, -0.05) is 0 Å². The summed E-state index contributed by atoms with van der Waals surface area (Å²) in [7, 11) is 1.77. The van der Waals surface area contributed by atoms with E-state index in [0.717, 1.165) is 5.69 Å². The molecule has 5 heteroatoms. The standard InChI is InChI=1S/C10H15N3O2/c1-6-9(7(2)13(3)12-6)10(15)8(14)4-5-11/h8,10,14-15H,4H2,1-3H3. The highest BCUT2D eigenvalue weighted by atomic mass is 16.3. The Morgan fingerprint density at radius 3 is 2.47 bits per heavy atom. The van der Waals surface area contributed by atoms with E-state index in [1.807, 2.05) is 13.0 Å². The quantitative estimate of drug-likeness (QED) is 0.752. The van der Waals surface area contributed by atoms with Crippen LogP contribution in [0.2, 0.25) is 0 Å². The fraction of sp³-hybridized carbons (Fsp3) is 0.600. The Balaban J connectivity index is 3.01. The van der Waals surface area contributed by atoms with Crippen LogP contribution in [0.15, 0.2) is 0 Å². The highest BCUT2D eigenvalue weighted by Gasteiger charge is 2.24. The third kappa shape index (κ3) is 2.17. The molecule has 0 aliphatic heterocycles. The summed E-state index contributed by atoms with van der Waals surface area (Å²) in [6.07, 6.45) is -2.19. The Morgan fingerprint density at radius 1 is 1.47 bits per heavy atom. The number of nitrogens with zero attached hydrogens (tertiary/aromatic N) is 3. The molecule has 82 valence electrons. The maximum Gasteiger partial charge on any atom is 0.109 e. The molecule has 2 N–H and O–H groups in total. The molecule has 0 aromatic carbocycles. The topological polar surface area (TPSA) is 82.1 Å². The van der Waals surface area contributed by atoms with Crippen molar-refractivity contribution in [3.8, 4) is 6.07 Å². The molecule has 5 nitrogen and oxygen atoms in total. The second-order valence-electron chi connectivity index (χ2n) is 3.58. The van der Waals surface area contributed by atoms with Crippen molar-refractivity contribution in [1.29, 1.82) is 5.26 Å². The fourth-order valence-corrected chi connectivity index (χ4v) is 1.62. The Hall–Kier alpha value is -1.38. The maximum atomic E-state index is 9.84. The molecule has 1 rings (SSSR count). The molecular formula is C10H15N3O2. The van der Waals surface area contributed by atoms with E-state index in [-0.39, 0.29) is 6.42 Å². The van der Waals surface area contributed by atoms with Gasteiger partial charge in [0.05, 0.1) is 24.3 Å². The minimum Gasteiger partial charge on any atom is -0.389 e. The number of nitriles is 1. The van der Waals surface area contributed by atoms with E-state index in [0.29, 0.717) is 11.3 Å². The summed E-state index contributed by atoms with van der Waals surface area (Å²) >= 11 is 0. The van der Waals surface area contributed by atoms with Gasteiger partial charge in [0, 0.05) is 18.3 Å². The van der Waals surface area contributed by atoms with Gasteiger partial charge in [0.1, 0.15) is 6.10 Å². The lowest BCUT2D eigenvalue weighted by atomic mass is 10.0.